The van der Waals surface area contributed by atoms with Gasteiger partial charge in [0.2, 0.25) is 5.88 Å². The van der Waals surface area contributed by atoms with E-state index in [0.717, 1.165) is 5.56 Å². The van der Waals surface area contributed by atoms with Crippen molar-refractivity contribution in [1.29, 1.82) is 0 Å². The monoisotopic (exact) mass is 271 g/mol. The van der Waals surface area contributed by atoms with E-state index in [1.54, 1.807) is 19.2 Å². The van der Waals surface area contributed by atoms with E-state index in [4.69, 9.17) is 4.74 Å². The van der Waals surface area contributed by atoms with Gasteiger partial charge in [0.15, 0.2) is 0 Å². The van der Waals surface area contributed by atoms with Crippen molar-refractivity contribution in [3.63, 3.8) is 0 Å². The lowest BCUT2D eigenvalue weighted by Crippen LogP contribution is -2.11. The summed E-state index contributed by atoms with van der Waals surface area (Å²) in [6.07, 6.45) is -0.737. The second-order valence-corrected chi connectivity index (χ2v) is 5.88. The van der Waals surface area contributed by atoms with Crippen LogP contribution in [0.15, 0.2) is 42.5 Å². The van der Waals surface area contributed by atoms with Crippen molar-refractivity contribution in [3.05, 3.63) is 59.3 Å². The Labute approximate surface area is 120 Å². The molecule has 0 fully saturated rings. The lowest BCUT2D eigenvalue weighted by Gasteiger charge is -2.20. The predicted octanol–water partition coefficient (Wildman–Crippen LogP) is 3.47. The van der Waals surface area contributed by atoms with E-state index in [0.29, 0.717) is 11.6 Å². The summed E-state index contributed by atoms with van der Waals surface area (Å²) in [6.45, 7) is 6.51. The van der Waals surface area contributed by atoms with E-state index in [2.05, 4.69) is 37.9 Å². The van der Waals surface area contributed by atoms with E-state index in [9.17, 15) is 5.11 Å². The molecule has 0 aliphatic heterocycles. The number of rotatable bonds is 3. The van der Waals surface area contributed by atoms with Gasteiger partial charge in [-0.25, -0.2) is 4.98 Å². The van der Waals surface area contributed by atoms with Crippen LogP contribution in [0, 0.1) is 0 Å². The highest BCUT2D eigenvalue weighted by Crippen LogP contribution is 2.26. The third kappa shape index (κ3) is 3.17. The maximum absolute atomic E-state index is 10.4. The average Bonchev–Trinajstić information content (AvgIpc) is 2.46. The molecule has 0 aliphatic carbocycles. The third-order valence-corrected chi connectivity index (χ3v) is 3.33. The minimum Gasteiger partial charge on any atom is -0.481 e. The van der Waals surface area contributed by atoms with E-state index >= 15 is 0 Å². The van der Waals surface area contributed by atoms with Crippen LogP contribution in [0.1, 0.15) is 43.7 Å². The van der Waals surface area contributed by atoms with Gasteiger partial charge in [0.25, 0.3) is 0 Å². The van der Waals surface area contributed by atoms with Crippen molar-refractivity contribution >= 4 is 0 Å². The van der Waals surface area contributed by atoms with Gasteiger partial charge in [0.1, 0.15) is 6.10 Å². The number of hydrogen-bond donors (Lipinski definition) is 1. The maximum atomic E-state index is 10.4. The highest BCUT2D eigenvalue weighted by Gasteiger charge is 2.16. The summed E-state index contributed by atoms with van der Waals surface area (Å²) in [5.74, 6) is 0.507. The fourth-order valence-electron chi connectivity index (χ4n) is 2.03. The number of aliphatic hydroxyl groups excluding tert-OH is 1. The molecule has 3 heteroatoms. The predicted molar refractivity (Wildman–Crippen MR) is 80.0 cm³/mol. The lowest BCUT2D eigenvalue weighted by molar-refractivity contribution is 0.213. The third-order valence-electron chi connectivity index (χ3n) is 3.33. The summed E-state index contributed by atoms with van der Waals surface area (Å²) in [4.78, 5) is 4.27. The summed E-state index contributed by atoms with van der Waals surface area (Å²) in [7, 11) is 1.57. The first kappa shape index (κ1) is 14.5. The number of aromatic nitrogens is 1. The van der Waals surface area contributed by atoms with Crippen LogP contribution in [0.4, 0.5) is 0 Å². The highest BCUT2D eigenvalue weighted by molar-refractivity contribution is 5.32. The van der Waals surface area contributed by atoms with Crippen LogP contribution in [0.2, 0.25) is 0 Å². The summed E-state index contributed by atoms with van der Waals surface area (Å²) >= 11 is 0. The van der Waals surface area contributed by atoms with E-state index in [1.807, 2.05) is 18.2 Å². The molecule has 0 radical (unpaired) electrons. The molecule has 0 aliphatic rings. The van der Waals surface area contributed by atoms with Gasteiger partial charge in [0.05, 0.1) is 12.8 Å². The minimum absolute atomic E-state index is 0.109. The summed E-state index contributed by atoms with van der Waals surface area (Å²) in [6, 6.07) is 13.4. The van der Waals surface area contributed by atoms with Crippen LogP contribution in [0.5, 0.6) is 5.88 Å². The molecule has 106 valence electrons. The molecule has 1 heterocycles. The van der Waals surface area contributed by atoms with Crippen molar-refractivity contribution in [2.75, 3.05) is 7.11 Å². The Hall–Kier alpha value is -1.87. The molecule has 0 bridgehead atoms. The van der Waals surface area contributed by atoms with Gasteiger partial charge >= 0.3 is 0 Å². The zero-order chi connectivity index (χ0) is 14.8. The van der Waals surface area contributed by atoms with Gasteiger partial charge in [0, 0.05) is 6.07 Å². The van der Waals surface area contributed by atoms with E-state index in [-0.39, 0.29) is 5.41 Å². The molecule has 1 aromatic heterocycles. The van der Waals surface area contributed by atoms with Gasteiger partial charge in [-0.2, -0.15) is 0 Å². The van der Waals surface area contributed by atoms with Crippen LogP contribution in [-0.2, 0) is 5.41 Å². The van der Waals surface area contributed by atoms with Crippen LogP contribution < -0.4 is 4.74 Å². The first-order valence-electron chi connectivity index (χ1n) is 6.71. The van der Waals surface area contributed by atoms with Crippen LogP contribution >= 0.6 is 0 Å². The molecule has 1 aromatic carbocycles. The summed E-state index contributed by atoms with van der Waals surface area (Å²) < 4.78 is 5.08. The molecule has 1 atom stereocenters. The largest absolute Gasteiger partial charge is 0.481 e. The number of hydrogen-bond acceptors (Lipinski definition) is 3. The van der Waals surface area contributed by atoms with Crippen LogP contribution in [0.25, 0.3) is 0 Å². The zero-order valence-corrected chi connectivity index (χ0v) is 12.4. The SMILES string of the molecule is COc1cccc(C(O)c2ccc(C(C)(C)C)cc2)n1. The van der Waals surface area contributed by atoms with Crippen LogP contribution in [0.3, 0.4) is 0 Å². The van der Waals surface area contributed by atoms with Gasteiger partial charge in [-0.15, -0.1) is 0 Å². The van der Waals surface area contributed by atoms with Gasteiger partial charge in [-0.3, -0.25) is 0 Å². The minimum atomic E-state index is -0.737. The molecular formula is C17H21NO2. The Morgan fingerprint density at radius 2 is 1.70 bits per heavy atom. The number of ether oxygens (including phenoxy) is 1. The summed E-state index contributed by atoms with van der Waals surface area (Å²) in [5, 5.41) is 10.4. The molecule has 1 unspecified atom stereocenters. The molecule has 3 nitrogen and oxygen atoms in total. The molecule has 2 rings (SSSR count). The van der Waals surface area contributed by atoms with Crippen molar-refractivity contribution < 1.29 is 9.84 Å². The Morgan fingerprint density at radius 3 is 2.25 bits per heavy atom. The summed E-state index contributed by atoms with van der Waals surface area (Å²) in [5.41, 5.74) is 2.77. The fourth-order valence-corrected chi connectivity index (χ4v) is 2.03. The fraction of sp³-hybridized carbons (Fsp3) is 0.353. The topological polar surface area (TPSA) is 42.4 Å². The molecule has 20 heavy (non-hydrogen) atoms. The normalized spacial score (nSPS) is 13.1. The maximum Gasteiger partial charge on any atom is 0.213 e. The Bertz CT molecular complexity index is 570. The van der Waals surface area contributed by atoms with Gasteiger partial charge in [-0.1, -0.05) is 51.1 Å². The molecule has 2 aromatic rings. The molecule has 0 saturated heterocycles. The number of pyridine rings is 1. The molecular weight excluding hydrogens is 250 g/mol. The Morgan fingerprint density at radius 1 is 1.05 bits per heavy atom. The first-order valence-corrected chi connectivity index (χ1v) is 6.71. The van der Waals surface area contributed by atoms with E-state index < -0.39 is 6.10 Å². The van der Waals surface area contributed by atoms with Crippen molar-refractivity contribution in [2.45, 2.75) is 32.3 Å². The Balaban J connectivity index is 2.26. The van der Waals surface area contributed by atoms with Gasteiger partial charge in [-0.05, 0) is 22.6 Å². The quantitative estimate of drug-likeness (QED) is 0.929. The van der Waals surface area contributed by atoms with Crippen molar-refractivity contribution in [2.24, 2.45) is 0 Å². The molecule has 0 amide bonds. The number of methoxy groups -OCH3 is 1. The van der Waals surface area contributed by atoms with E-state index in [1.165, 1.54) is 5.56 Å². The smallest absolute Gasteiger partial charge is 0.213 e. The van der Waals surface area contributed by atoms with Gasteiger partial charge < -0.3 is 9.84 Å². The second kappa shape index (κ2) is 5.63. The molecule has 0 saturated carbocycles. The lowest BCUT2D eigenvalue weighted by atomic mass is 9.86. The second-order valence-electron chi connectivity index (χ2n) is 5.88. The number of nitrogens with zero attached hydrogens (tertiary/aromatic N) is 1. The number of aliphatic hydroxyl groups is 1. The standard InChI is InChI=1S/C17H21NO2/c1-17(2,3)13-10-8-12(9-11-13)16(19)14-6-5-7-15(18-14)20-4/h5-11,16,19H,1-4H3. The zero-order valence-electron chi connectivity index (χ0n) is 12.4. The molecule has 1 N–H and O–H groups in total. The molecule has 0 spiro atoms. The van der Waals surface area contributed by atoms with Crippen molar-refractivity contribution in [1.82, 2.24) is 4.98 Å². The average molecular weight is 271 g/mol. The van der Waals surface area contributed by atoms with Crippen LogP contribution in [-0.4, -0.2) is 17.2 Å². The first-order chi connectivity index (χ1) is 9.41. The number of benzene rings is 1. The highest BCUT2D eigenvalue weighted by atomic mass is 16.5. The van der Waals surface area contributed by atoms with Crippen molar-refractivity contribution in [3.8, 4) is 5.88 Å². The Kier molecular flexibility index (Phi) is 4.09.